The van der Waals surface area contributed by atoms with Crippen LogP contribution in [0.2, 0.25) is 10.2 Å². The fraction of sp³-hybridized carbons (Fsp3) is 0.0769. The average Bonchev–Trinajstić information content (AvgIpc) is 2.69. The molecular weight excluding hydrogens is 301 g/mol. The molecule has 0 atom stereocenters. The molecule has 0 aliphatic rings. The van der Waals surface area contributed by atoms with Gasteiger partial charge in [-0.2, -0.15) is 0 Å². The lowest BCUT2D eigenvalue weighted by molar-refractivity contribution is 0.727. The average molecular weight is 310 g/mol. The summed E-state index contributed by atoms with van der Waals surface area (Å²) in [7, 11) is 0. The van der Waals surface area contributed by atoms with E-state index in [1.165, 1.54) is 0 Å². The van der Waals surface area contributed by atoms with Gasteiger partial charge in [-0.25, -0.2) is 9.97 Å². The number of thiol groups is 1. The first-order valence-electron chi connectivity index (χ1n) is 5.60. The second-order valence-corrected chi connectivity index (χ2v) is 5.32. The third kappa shape index (κ3) is 2.56. The van der Waals surface area contributed by atoms with E-state index in [-0.39, 0.29) is 0 Å². The van der Waals surface area contributed by atoms with Crippen molar-refractivity contribution in [2.24, 2.45) is 0 Å². The summed E-state index contributed by atoms with van der Waals surface area (Å²) in [6, 6.07) is 11.2. The monoisotopic (exact) mass is 309 g/mol. The van der Waals surface area contributed by atoms with E-state index in [9.17, 15) is 0 Å². The molecule has 2 aromatic heterocycles. The molecule has 2 heterocycles. The van der Waals surface area contributed by atoms with Crippen LogP contribution in [-0.2, 0) is 6.54 Å². The van der Waals surface area contributed by atoms with Gasteiger partial charge in [-0.15, -0.1) is 12.6 Å². The summed E-state index contributed by atoms with van der Waals surface area (Å²) >= 11 is 16.2. The number of fused-ring (bicyclic) bond motifs is 1. The van der Waals surface area contributed by atoms with Gasteiger partial charge in [-0.1, -0.05) is 35.3 Å². The molecule has 0 amide bonds. The molecule has 3 nitrogen and oxygen atoms in total. The van der Waals surface area contributed by atoms with Crippen LogP contribution >= 0.6 is 35.8 Å². The molecule has 0 bridgehead atoms. The largest absolute Gasteiger partial charge is 0.299 e. The normalized spacial score (nSPS) is 11.1. The summed E-state index contributed by atoms with van der Waals surface area (Å²) < 4.78 is 1.91. The van der Waals surface area contributed by atoms with Crippen molar-refractivity contribution in [1.82, 2.24) is 14.5 Å². The molecule has 0 saturated heterocycles. The standard InChI is InChI=1S/C13H9Cl2N3S/c14-9-3-1-8(2-4-9)7-18-12-10(16-13(18)19)5-6-11(15)17-12/h1-6H,7H2,(H,16,19). The first-order valence-corrected chi connectivity index (χ1v) is 6.80. The van der Waals surface area contributed by atoms with Crippen LogP contribution in [0.3, 0.4) is 0 Å². The first kappa shape index (κ1) is 12.8. The number of rotatable bonds is 2. The highest BCUT2D eigenvalue weighted by Gasteiger charge is 2.10. The van der Waals surface area contributed by atoms with Crippen molar-refractivity contribution in [2.45, 2.75) is 11.7 Å². The number of hydrogen-bond donors (Lipinski definition) is 1. The summed E-state index contributed by atoms with van der Waals surface area (Å²) in [5.41, 5.74) is 2.61. The lowest BCUT2D eigenvalue weighted by Crippen LogP contribution is -2.01. The molecule has 96 valence electrons. The molecule has 1 aromatic carbocycles. The van der Waals surface area contributed by atoms with E-state index in [1.54, 1.807) is 6.07 Å². The summed E-state index contributed by atoms with van der Waals surface area (Å²) in [4.78, 5) is 8.65. The van der Waals surface area contributed by atoms with Crippen molar-refractivity contribution in [3.63, 3.8) is 0 Å². The molecule has 0 N–H and O–H groups in total. The number of imidazole rings is 1. The SMILES string of the molecule is Sc1nc2ccc(Cl)nc2n1Cc1ccc(Cl)cc1. The number of halogens is 2. The highest BCUT2D eigenvalue weighted by molar-refractivity contribution is 7.80. The second kappa shape index (κ2) is 5.04. The Hall–Kier alpha value is -1.23. The molecule has 0 spiro atoms. The number of aromatic nitrogens is 3. The number of benzene rings is 1. The Morgan fingerprint density at radius 2 is 1.74 bits per heavy atom. The van der Waals surface area contributed by atoms with Crippen molar-refractivity contribution in [1.29, 1.82) is 0 Å². The van der Waals surface area contributed by atoms with Gasteiger partial charge in [0.25, 0.3) is 0 Å². The highest BCUT2D eigenvalue weighted by Crippen LogP contribution is 2.21. The minimum absolute atomic E-state index is 0.443. The minimum Gasteiger partial charge on any atom is -0.299 e. The van der Waals surface area contributed by atoms with Crippen LogP contribution in [0.25, 0.3) is 11.2 Å². The van der Waals surface area contributed by atoms with Crippen LogP contribution in [-0.4, -0.2) is 14.5 Å². The summed E-state index contributed by atoms with van der Waals surface area (Å²) in [5.74, 6) is 0. The van der Waals surface area contributed by atoms with E-state index < -0.39 is 0 Å². The van der Waals surface area contributed by atoms with Crippen LogP contribution in [0.5, 0.6) is 0 Å². The van der Waals surface area contributed by atoms with E-state index in [2.05, 4.69) is 22.6 Å². The lowest BCUT2D eigenvalue weighted by Gasteiger charge is -2.06. The molecule has 3 aromatic rings. The predicted molar refractivity (Wildman–Crippen MR) is 80.3 cm³/mol. The maximum atomic E-state index is 5.93. The van der Waals surface area contributed by atoms with Gasteiger partial charge >= 0.3 is 0 Å². The predicted octanol–water partition coefficient (Wildman–Crippen LogP) is 4.08. The Balaban J connectivity index is 2.06. The maximum Gasteiger partial charge on any atom is 0.167 e. The smallest absolute Gasteiger partial charge is 0.167 e. The number of hydrogen-bond acceptors (Lipinski definition) is 3. The molecule has 0 radical (unpaired) electrons. The minimum atomic E-state index is 0.443. The zero-order valence-electron chi connectivity index (χ0n) is 9.72. The molecule has 19 heavy (non-hydrogen) atoms. The van der Waals surface area contributed by atoms with Crippen LogP contribution < -0.4 is 0 Å². The van der Waals surface area contributed by atoms with Crippen molar-refractivity contribution < 1.29 is 0 Å². The molecular formula is C13H9Cl2N3S. The van der Waals surface area contributed by atoms with Crippen LogP contribution in [0.1, 0.15) is 5.56 Å². The van der Waals surface area contributed by atoms with E-state index >= 15 is 0 Å². The Bertz CT molecular complexity index is 737. The van der Waals surface area contributed by atoms with Crippen LogP contribution in [0.4, 0.5) is 0 Å². The van der Waals surface area contributed by atoms with E-state index in [0.717, 1.165) is 16.7 Å². The molecule has 0 aliphatic carbocycles. The molecule has 3 rings (SSSR count). The third-order valence-corrected chi connectivity index (χ3v) is 3.60. The van der Waals surface area contributed by atoms with Crippen molar-refractivity contribution in [3.05, 3.63) is 52.1 Å². The van der Waals surface area contributed by atoms with Crippen LogP contribution in [0.15, 0.2) is 41.6 Å². The first-order chi connectivity index (χ1) is 9.13. The van der Waals surface area contributed by atoms with E-state index in [4.69, 9.17) is 23.2 Å². The fourth-order valence-corrected chi connectivity index (χ4v) is 2.43. The zero-order chi connectivity index (χ0) is 13.4. The van der Waals surface area contributed by atoms with Gasteiger partial charge in [0.2, 0.25) is 0 Å². The van der Waals surface area contributed by atoms with Gasteiger partial charge < -0.3 is 0 Å². The Kier molecular flexibility index (Phi) is 3.39. The van der Waals surface area contributed by atoms with Crippen LogP contribution in [0, 0.1) is 0 Å². The summed E-state index contributed by atoms with van der Waals surface area (Å²) in [6.07, 6.45) is 0. The molecule has 0 fully saturated rings. The number of pyridine rings is 1. The molecule has 6 heteroatoms. The van der Waals surface area contributed by atoms with Crippen molar-refractivity contribution in [2.75, 3.05) is 0 Å². The van der Waals surface area contributed by atoms with Gasteiger partial charge in [-0.05, 0) is 29.8 Å². The Labute approximate surface area is 125 Å². The van der Waals surface area contributed by atoms with Crippen molar-refractivity contribution >= 4 is 47.0 Å². The third-order valence-electron chi connectivity index (χ3n) is 2.79. The maximum absolute atomic E-state index is 5.93. The highest BCUT2D eigenvalue weighted by atomic mass is 35.5. The topological polar surface area (TPSA) is 30.7 Å². The number of nitrogens with zero attached hydrogens (tertiary/aromatic N) is 3. The lowest BCUT2D eigenvalue weighted by atomic mass is 10.2. The summed E-state index contributed by atoms with van der Waals surface area (Å²) in [5, 5.41) is 1.77. The van der Waals surface area contributed by atoms with Gasteiger partial charge in [0.15, 0.2) is 10.8 Å². The van der Waals surface area contributed by atoms with E-state index in [0.29, 0.717) is 21.9 Å². The molecule has 0 aliphatic heterocycles. The van der Waals surface area contributed by atoms with Crippen molar-refractivity contribution in [3.8, 4) is 0 Å². The Morgan fingerprint density at radius 1 is 1.00 bits per heavy atom. The van der Waals surface area contributed by atoms with E-state index in [1.807, 2.05) is 34.9 Å². The fourth-order valence-electron chi connectivity index (χ4n) is 1.88. The zero-order valence-corrected chi connectivity index (χ0v) is 12.1. The molecule has 0 unspecified atom stereocenters. The van der Waals surface area contributed by atoms with Gasteiger partial charge in [0, 0.05) is 5.02 Å². The summed E-state index contributed by atoms with van der Waals surface area (Å²) in [6.45, 7) is 0.625. The van der Waals surface area contributed by atoms with Gasteiger partial charge in [0.1, 0.15) is 10.7 Å². The van der Waals surface area contributed by atoms with Gasteiger partial charge in [0.05, 0.1) is 6.54 Å². The molecule has 0 saturated carbocycles. The van der Waals surface area contributed by atoms with Gasteiger partial charge in [-0.3, -0.25) is 4.57 Å². The quantitative estimate of drug-likeness (QED) is 0.571. The second-order valence-electron chi connectivity index (χ2n) is 4.10. The Morgan fingerprint density at radius 3 is 2.47 bits per heavy atom.